The number of pyridine rings is 1. The molecule has 3 aromatic rings. The maximum atomic E-state index is 12.3. The van der Waals surface area contributed by atoms with Gasteiger partial charge in [-0.1, -0.05) is 0 Å². The van der Waals surface area contributed by atoms with Crippen molar-refractivity contribution in [3.8, 4) is 11.6 Å². The van der Waals surface area contributed by atoms with E-state index in [0.29, 0.717) is 23.8 Å². The lowest BCUT2D eigenvalue weighted by Gasteiger charge is -2.11. The highest BCUT2D eigenvalue weighted by Crippen LogP contribution is 2.18. The molecule has 7 nitrogen and oxygen atoms in total. The van der Waals surface area contributed by atoms with E-state index in [-0.39, 0.29) is 0 Å². The largest absolute Gasteiger partial charge is 0.462 e. The average Bonchev–Trinajstić information content (AvgIpc) is 3.08. The summed E-state index contributed by atoms with van der Waals surface area (Å²) in [5.74, 6) is 0.716. The number of carbonyl (C=O) groups is 1. The first-order valence-corrected chi connectivity index (χ1v) is 8.15. The first-order chi connectivity index (χ1) is 11.9. The van der Waals surface area contributed by atoms with E-state index in [0.717, 1.165) is 22.8 Å². The van der Waals surface area contributed by atoms with Crippen molar-refractivity contribution in [3.05, 3.63) is 52.6 Å². The smallest absolute Gasteiger partial charge is 0.338 e. The van der Waals surface area contributed by atoms with Gasteiger partial charge in [0.2, 0.25) is 0 Å². The standard InChI is InChI=1S/C18H21N5O2/c1-6-25-18(24)15-9-16(22-13(4)7-11(2)20-22)19-17(10-15)23-14(5)8-12(3)21-23/h7-10H,6H2,1-5H3. The fraction of sp³-hybridized carbons (Fsp3) is 0.333. The SMILES string of the molecule is CCOC(=O)c1cc(-n2nc(C)cc2C)nc(-n2nc(C)cc2C)c1. The average molecular weight is 339 g/mol. The van der Waals surface area contributed by atoms with Crippen molar-refractivity contribution in [2.45, 2.75) is 34.6 Å². The quantitative estimate of drug-likeness (QED) is 0.683. The molecule has 7 heteroatoms. The van der Waals surface area contributed by atoms with Crippen molar-refractivity contribution in [1.29, 1.82) is 0 Å². The highest BCUT2D eigenvalue weighted by molar-refractivity contribution is 5.90. The third-order valence-corrected chi connectivity index (χ3v) is 3.76. The van der Waals surface area contributed by atoms with Gasteiger partial charge in [-0.05, 0) is 58.9 Å². The minimum absolute atomic E-state index is 0.311. The molecule has 0 saturated heterocycles. The minimum atomic E-state index is -0.393. The Morgan fingerprint density at radius 3 is 1.76 bits per heavy atom. The molecule has 3 aromatic heterocycles. The van der Waals surface area contributed by atoms with Gasteiger partial charge in [0.1, 0.15) is 0 Å². The summed E-state index contributed by atoms with van der Waals surface area (Å²) in [6.07, 6.45) is 0. The topological polar surface area (TPSA) is 74.8 Å². The van der Waals surface area contributed by atoms with Gasteiger partial charge >= 0.3 is 5.97 Å². The maximum Gasteiger partial charge on any atom is 0.338 e. The van der Waals surface area contributed by atoms with Crippen LogP contribution in [0, 0.1) is 27.7 Å². The number of aryl methyl sites for hydroxylation is 4. The van der Waals surface area contributed by atoms with Crippen LogP contribution in [-0.2, 0) is 4.74 Å². The number of hydrogen-bond donors (Lipinski definition) is 0. The summed E-state index contributed by atoms with van der Waals surface area (Å²) in [7, 11) is 0. The molecule has 0 aliphatic heterocycles. The molecule has 0 amide bonds. The molecule has 0 fully saturated rings. The molecule has 3 heterocycles. The van der Waals surface area contributed by atoms with E-state index in [1.165, 1.54) is 0 Å². The molecular formula is C18H21N5O2. The van der Waals surface area contributed by atoms with Crippen LogP contribution in [-0.4, -0.2) is 37.1 Å². The Balaban J connectivity index is 2.20. The summed E-state index contributed by atoms with van der Waals surface area (Å²) in [5, 5.41) is 8.92. The molecular weight excluding hydrogens is 318 g/mol. The van der Waals surface area contributed by atoms with E-state index in [9.17, 15) is 4.79 Å². The Labute approximate surface area is 146 Å². The van der Waals surface area contributed by atoms with Crippen LogP contribution in [0.5, 0.6) is 0 Å². The van der Waals surface area contributed by atoms with Crippen LogP contribution in [0.4, 0.5) is 0 Å². The molecule has 0 radical (unpaired) electrons. The van der Waals surface area contributed by atoms with Gasteiger partial charge in [-0.3, -0.25) is 0 Å². The first-order valence-electron chi connectivity index (χ1n) is 8.15. The van der Waals surface area contributed by atoms with Gasteiger partial charge in [-0.15, -0.1) is 0 Å². The molecule has 0 spiro atoms. The number of aromatic nitrogens is 5. The lowest BCUT2D eigenvalue weighted by Crippen LogP contribution is -2.12. The predicted molar refractivity (Wildman–Crippen MR) is 93.4 cm³/mol. The van der Waals surface area contributed by atoms with Gasteiger partial charge in [0.05, 0.1) is 23.6 Å². The molecule has 0 aliphatic carbocycles. The Hall–Kier alpha value is -2.96. The normalized spacial score (nSPS) is 10.9. The molecule has 25 heavy (non-hydrogen) atoms. The van der Waals surface area contributed by atoms with Crippen molar-refractivity contribution in [2.75, 3.05) is 6.61 Å². The number of carbonyl (C=O) groups excluding carboxylic acids is 1. The van der Waals surface area contributed by atoms with Gasteiger partial charge in [-0.25, -0.2) is 19.1 Å². The molecule has 0 atom stereocenters. The lowest BCUT2D eigenvalue weighted by atomic mass is 10.2. The number of esters is 1. The summed E-state index contributed by atoms with van der Waals surface area (Å²) >= 11 is 0. The molecule has 0 saturated carbocycles. The molecule has 0 bridgehead atoms. The van der Waals surface area contributed by atoms with Crippen molar-refractivity contribution >= 4 is 5.97 Å². The van der Waals surface area contributed by atoms with Gasteiger partial charge in [0.15, 0.2) is 11.6 Å². The van der Waals surface area contributed by atoms with Crippen molar-refractivity contribution in [3.63, 3.8) is 0 Å². The third kappa shape index (κ3) is 3.31. The molecule has 0 aromatic carbocycles. The summed E-state index contributed by atoms with van der Waals surface area (Å²) in [5.41, 5.74) is 4.06. The van der Waals surface area contributed by atoms with Crippen molar-refractivity contribution in [2.24, 2.45) is 0 Å². The van der Waals surface area contributed by atoms with E-state index < -0.39 is 5.97 Å². The van der Waals surface area contributed by atoms with Crippen LogP contribution in [0.15, 0.2) is 24.3 Å². The summed E-state index contributed by atoms with van der Waals surface area (Å²) in [6.45, 7) is 9.82. The molecule has 0 N–H and O–H groups in total. The second-order valence-electron chi connectivity index (χ2n) is 5.97. The zero-order valence-electron chi connectivity index (χ0n) is 15.1. The molecule has 0 unspecified atom stereocenters. The first kappa shape index (κ1) is 16.9. The Morgan fingerprint density at radius 2 is 1.40 bits per heavy atom. The van der Waals surface area contributed by atoms with E-state index in [4.69, 9.17) is 4.74 Å². The van der Waals surface area contributed by atoms with E-state index >= 15 is 0 Å². The summed E-state index contributed by atoms with van der Waals surface area (Å²) in [6, 6.07) is 7.29. The third-order valence-electron chi connectivity index (χ3n) is 3.76. The molecule has 3 rings (SSSR count). The molecule has 130 valence electrons. The number of rotatable bonds is 4. The van der Waals surface area contributed by atoms with Crippen molar-refractivity contribution in [1.82, 2.24) is 24.5 Å². The minimum Gasteiger partial charge on any atom is -0.462 e. The van der Waals surface area contributed by atoms with E-state index in [1.54, 1.807) is 28.4 Å². The van der Waals surface area contributed by atoms with Gasteiger partial charge in [0, 0.05) is 11.4 Å². The lowest BCUT2D eigenvalue weighted by molar-refractivity contribution is 0.0526. The van der Waals surface area contributed by atoms with E-state index in [1.807, 2.05) is 39.8 Å². The molecule has 0 aliphatic rings. The monoisotopic (exact) mass is 339 g/mol. The highest BCUT2D eigenvalue weighted by atomic mass is 16.5. The fourth-order valence-electron chi connectivity index (χ4n) is 2.77. The van der Waals surface area contributed by atoms with E-state index in [2.05, 4.69) is 15.2 Å². The highest BCUT2D eigenvalue weighted by Gasteiger charge is 2.16. The Bertz CT molecular complexity index is 875. The van der Waals surface area contributed by atoms with Gasteiger partial charge in [-0.2, -0.15) is 10.2 Å². The summed E-state index contributed by atoms with van der Waals surface area (Å²) < 4.78 is 8.59. The van der Waals surface area contributed by atoms with Crippen LogP contribution in [0.3, 0.4) is 0 Å². The van der Waals surface area contributed by atoms with Gasteiger partial charge < -0.3 is 4.74 Å². The van der Waals surface area contributed by atoms with Gasteiger partial charge in [0.25, 0.3) is 0 Å². The number of hydrogen-bond acceptors (Lipinski definition) is 5. The number of ether oxygens (including phenoxy) is 1. The number of nitrogens with zero attached hydrogens (tertiary/aromatic N) is 5. The Kier molecular flexibility index (Phi) is 4.39. The van der Waals surface area contributed by atoms with Crippen LogP contribution < -0.4 is 0 Å². The zero-order valence-corrected chi connectivity index (χ0v) is 15.1. The van der Waals surface area contributed by atoms with Crippen LogP contribution in [0.25, 0.3) is 11.6 Å². The van der Waals surface area contributed by atoms with Crippen molar-refractivity contribution < 1.29 is 9.53 Å². The van der Waals surface area contributed by atoms with Crippen LogP contribution in [0.1, 0.15) is 40.1 Å². The second-order valence-corrected chi connectivity index (χ2v) is 5.97. The fourth-order valence-corrected chi connectivity index (χ4v) is 2.77. The predicted octanol–water partition coefficient (Wildman–Crippen LogP) is 2.86. The zero-order chi connectivity index (χ0) is 18.1. The van der Waals surface area contributed by atoms with Crippen LogP contribution in [0.2, 0.25) is 0 Å². The maximum absolute atomic E-state index is 12.3. The Morgan fingerprint density at radius 1 is 0.920 bits per heavy atom. The second kappa shape index (κ2) is 6.51. The van der Waals surface area contributed by atoms with Crippen LogP contribution >= 0.6 is 0 Å². The summed E-state index contributed by atoms with van der Waals surface area (Å²) in [4.78, 5) is 16.9.